The molecule has 9 nitrogen and oxygen atoms in total. The number of nitrogens with one attached hydrogen (secondary N) is 1. The van der Waals surface area contributed by atoms with Gasteiger partial charge in [0.25, 0.3) is 11.8 Å². The fourth-order valence-corrected chi connectivity index (χ4v) is 3.50. The first-order valence-electron chi connectivity index (χ1n) is 9.43. The number of ether oxygens (including phenoxy) is 1. The molecular weight excluding hydrogens is 348 g/mol. The molecule has 2 aliphatic rings. The van der Waals surface area contributed by atoms with E-state index in [4.69, 9.17) is 4.74 Å². The van der Waals surface area contributed by atoms with E-state index in [1.54, 1.807) is 15.9 Å². The second-order valence-corrected chi connectivity index (χ2v) is 6.90. The second kappa shape index (κ2) is 7.51. The Morgan fingerprint density at radius 2 is 1.85 bits per heavy atom. The van der Waals surface area contributed by atoms with Crippen LogP contribution in [0.5, 0.6) is 0 Å². The molecule has 0 aromatic carbocycles. The molecule has 0 spiro atoms. The summed E-state index contributed by atoms with van der Waals surface area (Å²) in [5, 5.41) is 11.5. The normalized spacial score (nSPS) is 17.1. The number of aryl methyl sites for hydroxylation is 1. The van der Waals surface area contributed by atoms with Gasteiger partial charge in [-0.3, -0.25) is 19.4 Å². The highest BCUT2D eigenvalue weighted by Crippen LogP contribution is 2.17. The van der Waals surface area contributed by atoms with E-state index in [9.17, 15) is 9.59 Å². The molecule has 2 aromatic heterocycles. The molecular formula is C18H24N6O3. The van der Waals surface area contributed by atoms with Crippen molar-refractivity contribution in [1.29, 1.82) is 0 Å². The van der Waals surface area contributed by atoms with E-state index in [0.29, 0.717) is 57.3 Å². The van der Waals surface area contributed by atoms with Crippen LogP contribution in [0, 0.1) is 0 Å². The van der Waals surface area contributed by atoms with Crippen molar-refractivity contribution in [3.8, 4) is 0 Å². The third-order valence-electron chi connectivity index (χ3n) is 4.97. The van der Waals surface area contributed by atoms with Gasteiger partial charge in [-0.15, -0.1) is 0 Å². The topological polar surface area (TPSA) is 96.3 Å². The lowest BCUT2D eigenvalue weighted by Gasteiger charge is -2.26. The first kappa shape index (κ1) is 17.7. The van der Waals surface area contributed by atoms with Gasteiger partial charge in [-0.2, -0.15) is 10.2 Å². The summed E-state index contributed by atoms with van der Waals surface area (Å²) in [7, 11) is 0. The van der Waals surface area contributed by atoms with Crippen LogP contribution in [0.25, 0.3) is 0 Å². The van der Waals surface area contributed by atoms with Crippen LogP contribution in [0.4, 0.5) is 0 Å². The number of amides is 2. The van der Waals surface area contributed by atoms with E-state index in [2.05, 4.69) is 22.2 Å². The van der Waals surface area contributed by atoms with E-state index in [1.807, 2.05) is 10.7 Å². The van der Waals surface area contributed by atoms with Crippen molar-refractivity contribution in [2.45, 2.75) is 32.9 Å². The van der Waals surface area contributed by atoms with E-state index < -0.39 is 0 Å². The maximum atomic E-state index is 12.7. The van der Waals surface area contributed by atoms with Gasteiger partial charge in [0, 0.05) is 25.3 Å². The lowest BCUT2D eigenvalue weighted by atomic mass is 10.2. The summed E-state index contributed by atoms with van der Waals surface area (Å²) in [6.45, 7) is 5.94. The minimum Gasteiger partial charge on any atom is -0.378 e. The van der Waals surface area contributed by atoms with Crippen LogP contribution in [0.2, 0.25) is 0 Å². The molecule has 2 aliphatic heterocycles. The highest BCUT2D eigenvalue weighted by molar-refractivity contribution is 5.93. The number of hydrogen-bond donors (Lipinski definition) is 1. The smallest absolute Gasteiger partial charge is 0.274 e. The first-order valence-corrected chi connectivity index (χ1v) is 9.43. The molecule has 2 aromatic rings. The predicted octanol–water partition coefficient (Wildman–Crippen LogP) is 0.687. The average Bonchev–Trinajstić information content (AvgIpc) is 3.34. The van der Waals surface area contributed by atoms with Crippen molar-refractivity contribution in [2.75, 3.05) is 32.8 Å². The highest BCUT2D eigenvalue weighted by atomic mass is 16.5. The Balaban J connectivity index is 1.45. The van der Waals surface area contributed by atoms with E-state index in [0.717, 1.165) is 24.2 Å². The van der Waals surface area contributed by atoms with Gasteiger partial charge in [-0.1, -0.05) is 13.3 Å². The lowest BCUT2D eigenvalue weighted by Crippen LogP contribution is -2.41. The van der Waals surface area contributed by atoms with Crippen LogP contribution in [0.1, 0.15) is 45.7 Å². The number of morpholine rings is 1. The van der Waals surface area contributed by atoms with Gasteiger partial charge in [0.15, 0.2) is 5.69 Å². The van der Waals surface area contributed by atoms with Gasteiger partial charge >= 0.3 is 0 Å². The molecule has 4 heterocycles. The molecule has 144 valence electrons. The molecule has 9 heteroatoms. The predicted molar refractivity (Wildman–Crippen MR) is 96.3 cm³/mol. The number of carbonyl (C=O) groups excluding carboxylic acids is 2. The molecule has 0 atom stereocenters. The third kappa shape index (κ3) is 3.59. The summed E-state index contributed by atoms with van der Waals surface area (Å²) in [4.78, 5) is 28.9. The molecule has 1 fully saturated rings. The summed E-state index contributed by atoms with van der Waals surface area (Å²) in [6.07, 6.45) is 1.87. The second-order valence-electron chi connectivity index (χ2n) is 6.90. The minimum atomic E-state index is -0.0953. The van der Waals surface area contributed by atoms with Crippen molar-refractivity contribution in [3.63, 3.8) is 0 Å². The van der Waals surface area contributed by atoms with E-state index in [1.165, 1.54) is 0 Å². The molecule has 0 saturated carbocycles. The molecule has 0 radical (unpaired) electrons. The van der Waals surface area contributed by atoms with Crippen LogP contribution in [-0.4, -0.2) is 74.4 Å². The van der Waals surface area contributed by atoms with Crippen LogP contribution in [-0.2, 0) is 24.2 Å². The van der Waals surface area contributed by atoms with Crippen molar-refractivity contribution >= 4 is 11.8 Å². The molecule has 4 rings (SSSR count). The molecule has 27 heavy (non-hydrogen) atoms. The van der Waals surface area contributed by atoms with Gasteiger partial charge in [0.2, 0.25) is 0 Å². The van der Waals surface area contributed by atoms with Crippen LogP contribution in [0.15, 0.2) is 12.1 Å². The largest absolute Gasteiger partial charge is 0.378 e. The van der Waals surface area contributed by atoms with Gasteiger partial charge in [-0.05, 0) is 18.6 Å². The average molecular weight is 372 g/mol. The molecule has 0 aliphatic carbocycles. The Bertz CT molecular complexity index is 836. The van der Waals surface area contributed by atoms with E-state index >= 15 is 0 Å². The number of aromatic nitrogens is 4. The van der Waals surface area contributed by atoms with Crippen LogP contribution < -0.4 is 0 Å². The fourth-order valence-electron chi connectivity index (χ4n) is 3.50. The molecule has 1 saturated heterocycles. The van der Waals surface area contributed by atoms with Gasteiger partial charge in [-0.25, -0.2) is 0 Å². The first-order chi connectivity index (χ1) is 13.2. The summed E-state index contributed by atoms with van der Waals surface area (Å²) in [5.74, 6) is -0.170. The fraction of sp³-hybridized carbons (Fsp3) is 0.556. The van der Waals surface area contributed by atoms with Gasteiger partial charge < -0.3 is 14.5 Å². The van der Waals surface area contributed by atoms with Crippen molar-refractivity contribution in [1.82, 2.24) is 29.8 Å². The number of fused-ring (bicyclic) bond motifs is 1. The number of H-pyrrole nitrogens is 1. The van der Waals surface area contributed by atoms with Crippen LogP contribution in [0.3, 0.4) is 0 Å². The summed E-state index contributed by atoms with van der Waals surface area (Å²) < 4.78 is 7.12. The number of rotatable bonds is 4. The standard InChI is InChI=1S/C18H24N6O3/c1-2-3-13-10-15(20-19-13)17(25)23-4-5-24-14(12-23)11-16(21-24)18(26)22-6-8-27-9-7-22/h10-11H,2-9,12H2,1H3,(H,19,20). The Kier molecular flexibility index (Phi) is 4.93. The lowest BCUT2D eigenvalue weighted by molar-refractivity contribution is 0.0298. The Morgan fingerprint density at radius 3 is 2.63 bits per heavy atom. The third-order valence-corrected chi connectivity index (χ3v) is 4.97. The van der Waals surface area contributed by atoms with Crippen molar-refractivity contribution in [2.24, 2.45) is 0 Å². The number of carbonyl (C=O) groups is 2. The highest BCUT2D eigenvalue weighted by Gasteiger charge is 2.27. The molecule has 0 unspecified atom stereocenters. The number of hydrogen-bond acceptors (Lipinski definition) is 5. The zero-order chi connectivity index (χ0) is 18.8. The summed E-state index contributed by atoms with van der Waals surface area (Å²) >= 11 is 0. The Morgan fingerprint density at radius 1 is 1.07 bits per heavy atom. The van der Waals surface area contributed by atoms with Gasteiger partial charge in [0.05, 0.1) is 32.0 Å². The van der Waals surface area contributed by atoms with E-state index in [-0.39, 0.29) is 11.8 Å². The molecule has 0 bridgehead atoms. The summed E-state index contributed by atoms with van der Waals surface area (Å²) in [5.41, 5.74) is 2.72. The number of aromatic amines is 1. The summed E-state index contributed by atoms with van der Waals surface area (Å²) in [6, 6.07) is 3.62. The maximum Gasteiger partial charge on any atom is 0.274 e. The molecule has 2 amide bonds. The number of nitrogens with zero attached hydrogens (tertiary/aromatic N) is 5. The minimum absolute atomic E-state index is 0.0745. The zero-order valence-electron chi connectivity index (χ0n) is 15.5. The van der Waals surface area contributed by atoms with Gasteiger partial charge in [0.1, 0.15) is 5.69 Å². The SMILES string of the molecule is CCCc1cc(C(=O)N2CCn3nc(C(=O)N4CCOCC4)cc3C2)n[nH]1. The van der Waals surface area contributed by atoms with Crippen molar-refractivity contribution in [3.05, 3.63) is 34.9 Å². The maximum absolute atomic E-state index is 12.7. The van der Waals surface area contributed by atoms with Crippen LogP contribution >= 0.6 is 0 Å². The monoisotopic (exact) mass is 372 g/mol. The Hall–Kier alpha value is -2.68. The quantitative estimate of drug-likeness (QED) is 0.852. The zero-order valence-corrected chi connectivity index (χ0v) is 15.5. The Labute approximate surface area is 157 Å². The molecule has 1 N–H and O–H groups in total. The van der Waals surface area contributed by atoms with Crippen molar-refractivity contribution < 1.29 is 14.3 Å².